The Morgan fingerprint density at radius 2 is 1.62 bits per heavy atom. The SMILES string of the molecule is Cc1ccc(N(C(=O)Cc2cccs2)[C@H](C(=O)NCc2ccccc2)c2ccccc2F)cc1. The van der Waals surface area contributed by atoms with E-state index in [9.17, 15) is 9.59 Å². The number of thiophene rings is 1. The predicted octanol–water partition coefficient (Wildman–Crippen LogP) is 5.83. The largest absolute Gasteiger partial charge is 0.350 e. The third-order valence-corrected chi connectivity index (χ3v) is 6.38. The van der Waals surface area contributed by atoms with Crippen molar-refractivity contribution >= 4 is 28.8 Å². The molecule has 3 aromatic carbocycles. The molecule has 4 rings (SSSR count). The number of amides is 2. The van der Waals surface area contributed by atoms with Crippen LogP contribution in [0.2, 0.25) is 0 Å². The van der Waals surface area contributed by atoms with Crippen molar-refractivity contribution in [3.8, 4) is 0 Å². The zero-order chi connectivity index (χ0) is 23.9. The Hall–Kier alpha value is -3.77. The molecule has 172 valence electrons. The molecule has 0 saturated carbocycles. The standard InChI is InChI=1S/C28H25FN2O2S/c1-20-13-15-22(16-14-20)31(26(32)18-23-10-7-17-34-23)27(24-11-5-6-12-25(24)29)28(33)30-19-21-8-3-2-4-9-21/h2-17,27H,18-19H2,1H3,(H,30,33)/t27-/m0/s1. The van der Waals surface area contributed by atoms with Crippen molar-refractivity contribution in [2.75, 3.05) is 4.90 Å². The lowest BCUT2D eigenvalue weighted by atomic mass is 10.0. The summed E-state index contributed by atoms with van der Waals surface area (Å²) >= 11 is 1.47. The minimum atomic E-state index is -1.17. The first-order valence-corrected chi connectivity index (χ1v) is 11.9. The first-order chi connectivity index (χ1) is 16.5. The smallest absolute Gasteiger partial charge is 0.248 e. The average Bonchev–Trinajstić information content (AvgIpc) is 3.36. The van der Waals surface area contributed by atoms with E-state index in [4.69, 9.17) is 0 Å². The van der Waals surface area contributed by atoms with E-state index in [0.717, 1.165) is 16.0 Å². The molecule has 0 unspecified atom stereocenters. The van der Waals surface area contributed by atoms with Gasteiger partial charge in [-0.3, -0.25) is 14.5 Å². The van der Waals surface area contributed by atoms with Crippen LogP contribution in [0.4, 0.5) is 10.1 Å². The lowest BCUT2D eigenvalue weighted by Gasteiger charge is -2.32. The molecule has 1 aromatic heterocycles. The summed E-state index contributed by atoms with van der Waals surface area (Å²) in [5, 5.41) is 4.81. The molecule has 0 aliphatic carbocycles. The van der Waals surface area contributed by atoms with Crippen LogP contribution in [0.1, 0.15) is 27.6 Å². The van der Waals surface area contributed by atoms with Gasteiger partial charge in [-0.2, -0.15) is 0 Å². The van der Waals surface area contributed by atoms with Gasteiger partial charge in [-0.25, -0.2) is 4.39 Å². The quantitative estimate of drug-likeness (QED) is 0.351. The highest BCUT2D eigenvalue weighted by atomic mass is 32.1. The Labute approximate surface area is 202 Å². The van der Waals surface area contributed by atoms with E-state index < -0.39 is 17.8 Å². The Morgan fingerprint density at radius 3 is 2.29 bits per heavy atom. The van der Waals surface area contributed by atoms with E-state index >= 15 is 4.39 Å². The molecule has 1 heterocycles. The van der Waals surface area contributed by atoms with E-state index in [1.807, 2.05) is 66.9 Å². The summed E-state index contributed by atoms with van der Waals surface area (Å²) in [6.07, 6.45) is 0.114. The van der Waals surface area contributed by atoms with Gasteiger partial charge in [-0.1, -0.05) is 72.3 Å². The van der Waals surface area contributed by atoms with Crippen LogP contribution in [0.15, 0.2) is 96.4 Å². The van der Waals surface area contributed by atoms with Gasteiger partial charge < -0.3 is 5.32 Å². The number of rotatable bonds is 8. The number of hydrogen-bond acceptors (Lipinski definition) is 3. The van der Waals surface area contributed by atoms with Gasteiger partial charge in [0.2, 0.25) is 11.8 Å². The van der Waals surface area contributed by atoms with Gasteiger partial charge in [0.25, 0.3) is 0 Å². The molecule has 4 nitrogen and oxygen atoms in total. The highest BCUT2D eigenvalue weighted by Gasteiger charge is 2.34. The van der Waals surface area contributed by atoms with Crippen molar-refractivity contribution < 1.29 is 14.0 Å². The molecule has 0 fully saturated rings. The van der Waals surface area contributed by atoms with Crippen molar-refractivity contribution in [1.29, 1.82) is 0 Å². The number of nitrogens with one attached hydrogen (secondary N) is 1. The maximum atomic E-state index is 15.0. The Bertz CT molecular complexity index is 1240. The summed E-state index contributed by atoms with van der Waals surface area (Å²) in [4.78, 5) is 29.5. The number of carbonyl (C=O) groups is 2. The van der Waals surface area contributed by atoms with Crippen molar-refractivity contribution in [2.24, 2.45) is 0 Å². The van der Waals surface area contributed by atoms with Crippen LogP contribution >= 0.6 is 11.3 Å². The number of hydrogen-bond donors (Lipinski definition) is 1. The van der Waals surface area contributed by atoms with Crippen LogP contribution in [-0.2, 0) is 22.6 Å². The molecule has 34 heavy (non-hydrogen) atoms. The molecule has 0 spiro atoms. The van der Waals surface area contributed by atoms with E-state index in [2.05, 4.69) is 5.32 Å². The van der Waals surface area contributed by atoms with Crippen LogP contribution < -0.4 is 10.2 Å². The summed E-state index contributed by atoms with van der Waals surface area (Å²) in [7, 11) is 0. The van der Waals surface area contributed by atoms with E-state index in [0.29, 0.717) is 5.69 Å². The second-order valence-electron chi connectivity index (χ2n) is 7.98. The van der Waals surface area contributed by atoms with Crippen LogP contribution in [0, 0.1) is 12.7 Å². The monoisotopic (exact) mass is 472 g/mol. The fourth-order valence-electron chi connectivity index (χ4n) is 3.77. The Balaban J connectivity index is 1.74. The molecule has 0 saturated heterocycles. The zero-order valence-electron chi connectivity index (χ0n) is 18.8. The number of benzene rings is 3. The van der Waals surface area contributed by atoms with Crippen molar-refractivity contribution in [3.05, 3.63) is 124 Å². The summed E-state index contributed by atoms with van der Waals surface area (Å²) in [6.45, 7) is 2.22. The van der Waals surface area contributed by atoms with Crippen LogP contribution in [0.3, 0.4) is 0 Å². The molecule has 6 heteroatoms. The van der Waals surface area contributed by atoms with Gasteiger partial charge in [0.1, 0.15) is 11.9 Å². The molecule has 0 radical (unpaired) electrons. The second kappa shape index (κ2) is 10.9. The first-order valence-electron chi connectivity index (χ1n) is 11.0. The van der Waals surface area contributed by atoms with Gasteiger partial charge in [0.05, 0.1) is 6.42 Å². The molecule has 1 N–H and O–H groups in total. The molecule has 4 aromatic rings. The molecular weight excluding hydrogens is 447 g/mol. The third kappa shape index (κ3) is 5.58. The minimum absolute atomic E-state index is 0.114. The van der Waals surface area contributed by atoms with Crippen LogP contribution in [0.5, 0.6) is 0 Å². The number of carbonyl (C=O) groups excluding carboxylic acids is 2. The van der Waals surface area contributed by atoms with Gasteiger partial charge in [0.15, 0.2) is 0 Å². The van der Waals surface area contributed by atoms with Crippen molar-refractivity contribution in [3.63, 3.8) is 0 Å². The fourth-order valence-corrected chi connectivity index (χ4v) is 4.46. The van der Waals surface area contributed by atoms with E-state index in [-0.39, 0.29) is 24.4 Å². The zero-order valence-corrected chi connectivity index (χ0v) is 19.6. The molecule has 0 aliphatic heterocycles. The lowest BCUT2D eigenvalue weighted by Crippen LogP contribution is -2.44. The number of nitrogens with zero attached hydrogens (tertiary/aromatic N) is 1. The molecule has 0 aliphatic rings. The van der Waals surface area contributed by atoms with Crippen molar-refractivity contribution in [2.45, 2.75) is 25.9 Å². The number of halogens is 1. The summed E-state index contributed by atoms with van der Waals surface area (Å²) in [5.74, 6) is -1.27. The second-order valence-corrected chi connectivity index (χ2v) is 9.02. The van der Waals surface area contributed by atoms with Crippen LogP contribution in [-0.4, -0.2) is 11.8 Å². The van der Waals surface area contributed by atoms with Gasteiger partial charge in [-0.15, -0.1) is 11.3 Å². The summed E-state index contributed by atoms with van der Waals surface area (Å²) in [6, 6.07) is 25.5. The molecule has 1 atom stereocenters. The first kappa shape index (κ1) is 23.4. The fraction of sp³-hybridized carbons (Fsp3) is 0.143. The van der Waals surface area contributed by atoms with Crippen molar-refractivity contribution in [1.82, 2.24) is 5.32 Å². The molecular formula is C28H25FN2O2S. The normalized spacial score (nSPS) is 11.6. The summed E-state index contributed by atoms with van der Waals surface area (Å²) in [5.41, 5.74) is 2.61. The van der Waals surface area contributed by atoms with E-state index in [1.165, 1.54) is 22.3 Å². The van der Waals surface area contributed by atoms with Gasteiger partial charge >= 0.3 is 0 Å². The minimum Gasteiger partial charge on any atom is -0.350 e. The predicted molar refractivity (Wildman–Crippen MR) is 134 cm³/mol. The summed E-state index contributed by atoms with van der Waals surface area (Å²) < 4.78 is 15.0. The third-order valence-electron chi connectivity index (χ3n) is 5.50. The molecule has 2 amide bonds. The van der Waals surface area contributed by atoms with Gasteiger partial charge in [0, 0.05) is 22.7 Å². The maximum Gasteiger partial charge on any atom is 0.248 e. The average molecular weight is 473 g/mol. The molecule has 0 bridgehead atoms. The highest BCUT2D eigenvalue weighted by Crippen LogP contribution is 2.31. The lowest BCUT2D eigenvalue weighted by molar-refractivity contribution is -0.126. The Morgan fingerprint density at radius 1 is 0.912 bits per heavy atom. The maximum absolute atomic E-state index is 15.0. The number of anilines is 1. The van der Waals surface area contributed by atoms with E-state index in [1.54, 1.807) is 30.3 Å². The number of aryl methyl sites for hydroxylation is 1. The van der Waals surface area contributed by atoms with Gasteiger partial charge in [-0.05, 0) is 42.1 Å². The highest BCUT2D eigenvalue weighted by molar-refractivity contribution is 7.10. The topological polar surface area (TPSA) is 49.4 Å². The Kier molecular flexibility index (Phi) is 7.50. The van der Waals surface area contributed by atoms with Crippen LogP contribution in [0.25, 0.3) is 0 Å².